The van der Waals surface area contributed by atoms with Crippen molar-refractivity contribution in [3.63, 3.8) is 0 Å². The monoisotopic (exact) mass is 234 g/mol. The van der Waals surface area contributed by atoms with Crippen molar-refractivity contribution in [1.29, 1.82) is 0 Å². The summed E-state index contributed by atoms with van der Waals surface area (Å²) in [5.41, 5.74) is 2.71. The SMILES string of the molecule is COCc1ccccc1C(C)N1CCNCC1. The van der Waals surface area contributed by atoms with E-state index in [2.05, 4.69) is 41.4 Å². The van der Waals surface area contributed by atoms with Crippen molar-refractivity contribution in [3.8, 4) is 0 Å². The summed E-state index contributed by atoms with van der Waals surface area (Å²) < 4.78 is 5.28. The lowest BCUT2D eigenvalue weighted by atomic mass is 10.0. The zero-order valence-electron chi connectivity index (χ0n) is 10.8. The molecule has 0 saturated carbocycles. The molecule has 1 unspecified atom stereocenters. The summed E-state index contributed by atoms with van der Waals surface area (Å²) in [7, 11) is 1.76. The number of rotatable bonds is 4. The van der Waals surface area contributed by atoms with Gasteiger partial charge in [-0.05, 0) is 18.1 Å². The van der Waals surface area contributed by atoms with Crippen LogP contribution in [0.25, 0.3) is 0 Å². The van der Waals surface area contributed by atoms with E-state index in [9.17, 15) is 0 Å². The fourth-order valence-electron chi connectivity index (χ4n) is 2.49. The van der Waals surface area contributed by atoms with Crippen LogP contribution in [0, 0.1) is 0 Å². The standard InChI is InChI=1S/C14H22N2O/c1-12(16-9-7-15-8-10-16)14-6-4-3-5-13(14)11-17-2/h3-6,12,15H,7-11H2,1-2H3. The molecule has 1 aliphatic rings. The average Bonchev–Trinajstić information content (AvgIpc) is 2.40. The number of ether oxygens (including phenoxy) is 1. The Morgan fingerprint density at radius 3 is 2.71 bits per heavy atom. The lowest BCUT2D eigenvalue weighted by Gasteiger charge is -2.34. The van der Waals surface area contributed by atoms with Crippen LogP contribution in [-0.4, -0.2) is 38.2 Å². The highest BCUT2D eigenvalue weighted by atomic mass is 16.5. The first-order chi connectivity index (χ1) is 8.33. The fourth-order valence-corrected chi connectivity index (χ4v) is 2.49. The van der Waals surface area contributed by atoms with E-state index in [1.54, 1.807) is 7.11 Å². The number of hydrogen-bond acceptors (Lipinski definition) is 3. The highest BCUT2D eigenvalue weighted by molar-refractivity contribution is 5.29. The molecule has 1 atom stereocenters. The van der Waals surface area contributed by atoms with Gasteiger partial charge in [0.05, 0.1) is 6.61 Å². The molecule has 2 rings (SSSR count). The Bertz CT molecular complexity index is 348. The third kappa shape index (κ3) is 3.06. The van der Waals surface area contributed by atoms with E-state index in [0.717, 1.165) is 26.2 Å². The van der Waals surface area contributed by atoms with Crippen molar-refractivity contribution < 1.29 is 4.74 Å². The Morgan fingerprint density at radius 2 is 2.00 bits per heavy atom. The number of nitrogens with zero attached hydrogens (tertiary/aromatic N) is 1. The van der Waals surface area contributed by atoms with Crippen LogP contribution in [0.2, 0.25) is 0 Å². The lowest BCUT2D eigenvalue weighted by molar-refractivity contribution is 0.169. The molecule has 3 heteroatoms. The molecule has 0 bridgehead atoms. The Balaban J connectivity index is 2.14. The van der Waals surface area contributed by atoms with Crippen LogP contribution in [0.3, 0.4) is 0 Å². The van der Waals surface area contributed by atoms with Gasteiger partial charge in [0.25, 0.3) is 0 Å². The molecule has 3 nitrogen and oxygen atoms in total. The second-order valence-electron chi connectivity index (χ2n) is 4.59. The molecule has 1 saturated heterocycles. The van der Waals surface area contributed by atoms with Gasteiger partial charge in [-0.25, -0.2) is 0 Å². The molecular weight excluding hydrogens is 212 g/mol. The maximum atomic E-state index is 5.28. The maximum absolute atomic E-state index is 5.28. The molecule has 0 radical (unpaired) electrons. The van der Waals surface area contributed by atoms with E-state index in [-0.39, 0.29) is 0 Å². The van der Waals surface area contributed by atoms with Crippen LogP contribution in [0.5, 0.6) is 0 Å². The van der Waals surface area contributed by atoms with Crippen molar-refractivity contribution in [2.24, 2.45) is 0 Å². The molecule has 17 heavy (non-hydrogen) atoms. The number of piperazine rings is 1. The molecule has 0 aliphatic carbocycles. The van der Waals surface area contributed by atoms with Gasteiger partial charge in [-0.1, -0.05) is 24.3 Å². The van der Waals surface area contributed by atoms with Crippen LogP contribution in [0.1, 0.15) is 24.1 Å². The van der Waals surface area contributed by atoms with Crippen LogP contribution in [-0.2, 0) is 11.3 Å². The van der Waals surface area contributed by atoms with Crippen molar-refractivity contribution in [2.75, 3.05) is 33.3 Å². The Morgan fingerprint density at radius 1 is 1.29 bits per heavy atom. The summed E-state index contributed by atoms with van der Waals surface area (Å²) in [5.74, 6) is 0. The predicted octanol–water partition coefficient (Wildman–Crippen LogP) is 1.80. The van der Waals surface area contributed by atoms with Crippen LogP contribution in [0.4, 0.5) is 0 Å². The molecule has 1 aromatic rings. The van der Waals surface area contributed by atoms with Gasteiger partial charge in [0.15, 0.2) is 0 Å². The Hall–Kier alpha value is -0.900. The highest BCUT2D eigenvalue weighted by Crippen LogP contribution is 2.24. The van der Waals surface area contributed by atoms with Gasteiger partial charge < -0.3 is 10.1 Å². The van der Waals surface area contributed by atoms with Crippen molar-refractivity contribution >= 4 is 0 Å². The second-order valence-corrected chi connectivity index (χ2v) is 4.59. The molecule has 0 amide bonds. The minimum absolute atomic E-state index is 0.475. The summed E-state index contributed by atoms with van der Waals surface area (Å²) in [4.78, 5) is 2.53. The molecular formula is C14H22N2O. The van der Waals surface area contributed by atoms with Crippen molar-refractivity contribution in [3.05, 3.63) is 35.4 Å². The minimum atomic E-state index is 0.475. The van der Waals surface area contributed by atoms with Crippen LogP contribution in [0.15, 0.2) is 24.3 Å². The lowest BCUT2D eigenvalue weighted by Crippen LogP contribution is -2.44. The van der Waals surface area contributed by atoms with Gasteiger partial charge in [-0.3, -0.25) is 4.90 Å². The quantitative estimate of drug-likeness (QED) is 0.859. The van der Waals surface area contributed by atoms with E-state index in [1.165, 1.54) is 11.1 Å². The summed E-state index contributed by atoms with van der Waals surface area (Å²) in [6, 6.07) is 9.07. The average molecular weight is 234 g/mol. The summed E-state index contributed by atoms with van der Waals surface area (Å²) in [6.45, 7) is 7.44. The van der Waals surface area contributed by atoms with Gasteiger partial charge in [0.1, 0.15) is 0 Å². The molecule has 1 heterocycles. The second kappa shape index (κ2) is 6.15. The number of hydrogen-bond donors (Lipinski definition) is 1. The summed E-state index contributed by atoms with van der Waals surface area (Å²) >= 11 is 0. The van der Waals surface area contributed by atoms with Crippen LogP contribution < -0.4 is 5.32 Å². The molecule has 0 spiro atoms. The number of benzene rings is 1. The third-order valence-electron chi connectivity index (χ3n) is 3.50. The van der Waals surface area contributed by atoms with Gasteiger partial charge in [0.2, 0.25) is 0 Å². The minimum Gasteiger partial charge on any atom is -0.380 e. The zero-order valence-corrected chi connectivity index (χ0v) is 10.8. The van der Waals surface area contributed by atoms with E-state index in [4.69, 9.17) is 4.74 Å². The zero-order chi connectivity index (χ0) is 12.1. The largest absolute Gasteiger partial charge is 0.380 e. The van der Waals surface area contributed by atoms with E-state index >= 15 is 0 Å². The molecule has 0 aromatic heterocycles. The fraction of sp³-hybridized carbons (Fsp3) is 0.571. The first-order valence-electron chi connectivity index (χ1n) is 6.34. The molecule has 1 aromatic carbocycles. The molecule has 1 fully saturated rings. The molecule has 1 N–H and O–H groups in total. The normalized spacial score (nSPS) is 19.2. The summed E-state index contributed by atoms with van der Waals surface area (Å²) in [5, 5.41) is 3.39. The van der Waals surface area contributed by atoms with Crippen LogP contribution >= 0.6 is 0 Å². The number of nitrogens with one attached hydrogen (secondary N) is 1. The first kappa shape index (κ1) is 12.6. The van der Waals surface area contributed by atoms with Gasteiger partial charge in [0, 0.05) is 39.3 Å². The smallest absolute Gasteiger partial charge is 0.0716 e. The Kier molecular flexibility index (Phi) is 4.54. The number of methoxy groups -OCH3 is 1. The summed E-state index contributed by atoms with van der Waals surface area (Å²) in [6.07, 6.45) is 0. The van der Waals surface area contributed by atoms with Gasteiger partial charge in [-0.15, -0.1) is 0 Å². The van der Waals surface area contributed by atoms with E-state index in [1.807, 2.05) is 0 Å². The van der Waals surface area contributed by atoms with E-state index < -0.39 is 0 Å². The van der Waals surface area contributed by atoms with E-state index in [0.29, 0.717) is 12.6 Å². The molecule has 1 aliphatic heterocycles. The topological polar surface area (TPSA) is 24.5 Å². The van der Waals surface area contributed by atoms with Gasteiger partial charge >= 0.3 is 0 Å². The van der Waals surface area contributed by atoms with Crippen molar-refractivity contribution in [1.82, 2.24) is 10.2 Å². The highest BCUT2D eigenvalue weighted by Gasteiger charge is 2.19. The molecule has 94 valence electrons. The predicted molar refractivity (Wildman–Crippen MR) is 70.0 cm³/mol. The van der Waals surface area contributed by atoms with Crippen molar-refractivity contribution in [2.45, 2.75) is 19.6 Å². The maximum Gasteiger partial charge on any atom is 0.0716 e. The Labute approximate surface area is 104 Å². The third-order valence-corrected chi connectivity index (χ3v) is 3.50. The first-order valence-corrected chi connectivity index (χ1v) is 6.34. The van der Waals surface area contributed by atoms with Gasteiger partial charge in [-0.2, -0.15) is 0 Å².